The lowest BCUT2D eigenvalue weighted by Gasteiger charge is -2.21. The molecule has 9 rings (SSSR count). The summed E-state index contributed by atoms with van der Waals surface area (Å²) in [5.74, 6) is 0.647. The van der Waals surface area contributed by atoms with Crippen molar-refractivity contribution in [1.29, 1.82) is 0 Å². The predicted molar refractivity (Wildman–Crippen MR) is 240 cm³/mol. The van der Waals surface area contributed by atoms with Crippen LogP contribution < -0.4 is 0 Å². The Hall–Kier alpha value is -7.04. The number of fused-ring (bicyclic) bond motifs is 1. The minimum Gasteiger partial charge on any atom is -0.507 e. The van der Waals surface area contributed by atoms with Gasteiger partial charge in [-0.2, -0.15) is 0 Å². The fourth-order valence-corrected chi connectivity index (χ4v) is 7.63. The normalized spacial score (nSPS) is 13.3. The van der Waals surface area contributed by atoms with E-state index in [2.05, 4.69) is 49.6 Å². The maximum absolute atomic E-state index is 11.7. The molecule has 0 bridgehead atoms. The summed E-state index contributed by atoms with van der Waals surface area (Å²) >= 11 is 0. The van der Waals surface area contributed by atoms with Gasteiger partial charge in [-0.15, -0.1) is 0 Å². The van der Waals surface area contributed by atoms with E-state index in [0.29, 0.717) is 50.4 Å². The second kappa shape index (κ2) is 15.1. The quantitative estimate of drug-likeness (QED) is 0.168. The average molecular weight is 757 g/mol. The Kier molecular flexibility index (Phi) is 8.11. The van der Waals surface area contributed by atoms with Crippen LogP contribution in [0.4, 0.5) is 0 Å². The third-order valence-electron chi connectivity index (χ3n) is 10.6. The molecule has 0 aliphatic heterocycles. The maximum atomic E-state index is 11.7. The molecule has 9 aromatic rings. The monoisotopic (exact) mass is 756 g/mol. The maximum Gasteiger partial charge on any atom is 0.149 e. The van der Waals surface area contributed by atoms with Crippen LogP contribution in [0.2, 0.25) is 0 Å². The zero-order chi connectivity index (χ0) is 44.1. The summed E-state index contributed by atoms with van der Waals surface area (Å²) in [6, 6.07) is 55.9. The van der Waals surface area contributed by atoms with E-state index in [1.165, 1.54) is 6.20 Å². The van der Waals surface area contributed by atoms with Crippen LogP contribution in [0.1, 0.15) is 49.9 Å². The van der Waals surface area contributed by atoms with Crippen LogP contribution in [0.25, 0.3) is 72.7 Å². The molecule has 1 N–H and O–H groups in total. The van der Waals surface area contributed by atoms with Crippen molar-refractivity contribution in [1.82, 2.24) is 14.5 Å². The van der Waals surface area contributed by atoms with Crippen molar-refractivity contribution in [3.05, 3.63) is 204 Å². The van der Waals surface area contributed by atoms with E-state index in [9.17, 15) is 7.85 Å². The van der Waals surface area contributed by atoms with E-state index in [1.807, 2.05) is 121 Å². The smallest absolute Gasteiger partial charge is 0.149 e. The zero-order valence-electron chi connectivity index (χ0n) is 37.6. The van der Waals surface area contributed by atoms with Crippen LogP contribution in [0.15, 0.2) is 182 Å². The Morgan fingerprint density at radius 3 is 1.97 bits per heavy atom. The van der Waals surface area contributed by atoms with Crippen LogP contribution in [-0.4, -0.2) is 19.6 Å². The van der Waals surface area contributed by atoms with Gasteiger partial charge >= 0.3 is 0 Å². The summed E-state index contributed by atoms with van der Waals surface area (Å²) in [7, 11) is 0. The molecule has 2 aromatic heterocycles. The average Bonchev–Trinajstić information content (AvgIpc) is 3.68. The SMILES string of the molecule is [2H]C([2H])([2H])c1cnc(-c2cc(-c3cccc4c3nc(-c3cc(C(C)(C)C)ccc3O)n4-c3ccccc3-c3ccccc3)cc(C([2H])([2H])c3ccccc3)c2)cc1-c1ccccc1. The standard InChI is InChI=1S/C54H45N3O/c1-36-35-55-48(34-46(36)40-21-12-7-13-22-40)42-31-38(29-37-17-8-5-9-18-37)30-41(32-42)45-24-16-26-50-52(45)56-53(47-33-43(54(2,3)4)27-28-51(47)58)57(50)49-25-15-14-23-44(49)39-19-10-6-11-20-39/h5-28,30-35,58H,29H2,1-4H3/i1D3,29D2. The van der Waals surface area contributed by atoms with Crippen LogP contribution in [0, 0.1) is 6.85 Å². The van der Waals surface area contributed by atoms with Gasteiger partial charge in [0.25, 0.3) is 0 Å². The number of aromatic hydroxyl groups is 1. The third-order valence-corrected chi connectivity index (χ3v) is 10.6. The molecule has 0 aliphatic carbocycles. The number of nitrogens with zero attached hydrogens (tertiary/aromatic N) is 3. The van der Waals surface area contributed by atoms with Gasteiger partial charge < -0.3 is 5.11 Å². The zero-order valence-corrected chi connectivity index (χ0v) is 32.6. The molecule has 58 heavy (non-hydrogen) atoms. The second-order valence-electron chi connectivity index (χ2n) is 15.6. The molecule has 0 amide bonds. The van der Waals surface area contributed by atoms with E-state index < -0.39 is 13.2 Å². The van der Waals surface area contributed by atoms with Crippen molar-refractivity contribution < 1.29 is 12.0 Å². The molecule has 0 radical (unpaired) electrons. The molecule has 4 nitrogen and oxygen atoms in total. The van der Waals surface area contributed by atoms with E-state index in [-0.39, 0.29) is 16.7 Å². The molecule has 0 fully saturated rings. The Bertz CT molecular complexity index is 3120. The van der Waals surface area contributed by atoms with Crippen LogP contribution >= 0.6 is 0 Å². The number of hydrogen-bond donors (Lipinski definition) is 1. The predicted octanol–water partition coefficient (Wildman–Crippen LogP) is 13.7. The van der Waals surface area contributed by atoms with Gasteiger partial charge in [0.2, 0.25) is 0 Å². The summed E-state index contributed by atoms with van der Waals surface area (Å²) in [5.41, 5.74) is 10.5. The number of rotatable bonds is 8. The molecular weight excluding hydrogens is 707 g/mol. The van der Waals surface area contributed by atoms with Gasteiger partial charge in [0.15, 0.2) is 0 Å². The number of aromatic nitrogens is 3. The lowest BCUT2D eigenvalue weighted by molar-refractivity contribution is 0.475. The first-order valence-electron chi connectivity index (χ1n) is 22.0. The summed E-state index contributed by atoms with van der Waals surface area (Å²) in [4.78, 5) is 10.2. The highest BCUT2D eigenvalue weighted by molar-refractivity contribution is 5.97. The third kappa shape index (κ3) is 7.10. The number of aryl methyl sites for hydroxylation is 1. The van der Waals surface area contributed by atoms with Gasteiger partial charge in [0.05, 0.1) is 28.0 Å². The number of phenols is 1. The number of hydrogen-bond acceptors (Lipinski definition) is 3. The molecule has 0 saturated carbocycles. The minimum absolute atomic E-state index is 0.0967. The van der Waals surface area contributed by atoms with E-state index in [1.54, 1.807) is 30.3 Å². The van der Waals surface area contributed by atoms with Gasteiger partial charge in [-0.1, -0.05) is 154 Å². The topological polar surface area (TPSA) is 50.9 Å². The summed E-state index contributed by atoms with van der Waals surface area (Å²) in [6.07, 6.45) is -0.515. The van der Waals surface area contributed by atoms with Gasteiger partial charge in [-0.3, -0.25) is 9.55 Å². The minimum atomic E-state index is -2.42. The Labute approximate surface area is 347 Å². The highest BCUT2D eigenvalue weighted by Gasteiger charge is 2.24. The molecule has 0 atom stereocenters. The Morgan fingerprint density at radius 1 is 0.586 bits per heavy atom. The van der Waals surface area contributed by atoms with Crippen molar-refractivity contribution in [3.8, 4) is 67.5 Å². The van der Waals surface area contributed by atoms with Gasteiger partial charge in [0.1, 0.15) is 11.6 Å². The molecule has 7 aromatic carbocycles. The molecule has 0 aliphatic rings. The van der Waals surface area contributed by atoms with Crippen molar-refractivity contribution in [3.63, 3.8) is 0 Å². The molecule has 282 valence electrons. The molecule has 2 heterocycles. The molecule has 0 saturated heterocycles. The number of phenolic OH excluding ortho intramolecular Hbond substituents is 1. The molecule has 0 spiro atoms. The number of benzene rings is 7. The fraction of sp³-hybridized carbons (Fsp3) is 0.111. The molecule has 4 heteroatoms. The van der Waals surface area contributed by atoms with E-state index in [4.69, 9.17) is 14.1 Å². The Morgan fingerprint density at radius 2 is 1.24 bits per heavy atom. The first-order valence-corrected chi connectivity index (χ1v) is 19.5. The first kappa shape index (κ1) is 31.1. The van der Waals surface area contributed by atoms with Crippen molar-refractivity contribution in [2.75, 3.05) is 0 Å². The first-order chi connectivity index (χ1) is 30.2. The summed E-state index contributed by atoms with van der Waals surface area (Å²) in [6.45, 7) is 4.01. The van der Waals surface area contributed by atoms with Crippen LogP contribution in [0.3, 0.4) is 0 Å². The number of para-hydroxylation sites is 2. The summed E-state index contributed by atoms with van der Waals surface area (Å²) in [5, 5.41) is 11.7. The number of imidazole rings is 1. The van der Waals surface area contributed by atoms with Gasteiger partial charge in [-0.25, -0.2) is 4.98 Å². The van der Waals surface area contributed by atoms with Crippen molar-refractivity contribution >= 4 is 11.0 Å². The van der Waals surface area contributed by atoms with E-state index >= 15 is 0 Å². The van der Waals surface area contributed by atoms with Crippen molar-refractivity contribution in [2.24, 2.45) is 0 Å². The lowest BCUT2D eigenvalue weighted by Crippen LogP contribution is -2.11. The van der Waals surface area contributed by atoms with Gasteiger partial charge in [0, 0.05) is 29.7 Å². The fourth-order valence-electron chi connectivity index (χ4n) is 7.63. The van der Waals surface area contributed by atoms with Crippen LogP contribution in [0.5, 0.6) is 5.75 Å². The molecular formula is C54H45N3O. The van der Waals surface area contributed by atoms with Gasteiger partial charge in [-0.05, 0) is 106 Å². The second-order valence-corrected chi connectivity index (χ2v) is 15.6. The summed E-state index contributed by atoms with van der Waals surface area (Å²) < 4.78 is 46.3. The largest absolute Gasteiger partial charge is 0.507 e. The lowest BCUT2D eigenvalue weighted by atomic mass is 9.86. The van der Waals surface area contributed by atoms with Crippen molar-refractivity contribution in [2.45, 2.75) is 39.4 Å². The highest BCUT2D eigenvalue weighted by atomic mass is 16.3. The Balaban J connectivity index is 1.34. The molecule has 0 unspecified atom stereocenters. The van der Waals surface area contributed by atoms with Crippen LogP contribution in [-0.2, 0) is 11.8 Å². The number of pyridine rings is 1. The highest BCUT2D eigenvalue weighted by Crippen LogP contribution is 2.42. The van der Waals surface area contributed by atoms with E-state index in [0.717, 1.165) is 39.0 Å².